The molecule has 0 aromatic carbocycles. The zero-order chi connectivity index (χ0) is 10.8. The maximum Gasteiger partial charge on any atom is 0.0688 e. The van der Waals surface area contributed by atoms with Crippen LogP contribution in [0.3, 0.4) is 0 Å². The fourth-order valence-corrected chi connectivity index (χ4v) is 1.27. The van der Waals surface area contributed by atoms with Crippen LogP contribution < -0.4 is 5.53 Å². The molecule has 5 heteroatoms. The van der Waals surface area contributed by atoms with Gasteiger partial charge >= 0.3 is 0 Å². The highest BCUT2D eigenvalue weighted by molar-refractivity contribution is 6.30. The Balaban J connectivity index is 2.69. The Labute approximate surface area is 94.7 Å². The lowest BCUT2D eigenvalue weighted by Gasteiger charge is -2.26. The van der Waals surface area contributed by atoms with E-state index in [9.17, 15) is 0 Å². The van der Waals surface area contributed by atoms with Crippen molar-refractivity contribution in [2.24, 2.45) is 5.41 Å². The van der Waals surface area contributed by atoms with Gasteiger partial charge in [-0.3, -0.25) is 0 Å². The average molecular weight is 234 g/mol. The monoisotopic (exact) mass is 233 g/mol. The summed E-state index contributed by atoms with van der Waals surface area (Å²) in [6, 6.07) is 2.91. The largest absolute Gasteiger partial charge is 0.225 e. The summed E-state index contributed by atoms with van der Waals surface area (Å²) >= 11 is 11.6. The van der Waals surface area contributed by atoms with Gasteiger partial charge in [-0.2, -0.15) is 0 Å². The predicted octanol–water partition coefficient (Wildman–Crippen LogP) is 2.26. The second-order valence-corrected chi connectivity index (χ2v) is 4.95. The van der Waals surface area contributed by atoms with Gasteiger partial charge in [-0.25, -0.2) is 5.01 Å². The first kappa shape index (κ1) is 11.7. The highest BCUT2D eigenvalue weighted by Crippen LogP contribution is 2.13. The van der Waals surface area contributed by atoms with Crippen LogP contribution in [0.2, 0.25) is 0 Å². The van der Waals surface area contributed by atoms with Gasteiger partial charge in [0.05, 0.1) is 11.6 Å². The smallest absolute Gasteiger partial charge is 0.0688 e. The number of hydrazine groups is 2. The molecule has 0 unspecified atom stereocenters. The topological polar surface area (TPSA) is 18.5 Å². The van der Waals surface area contributed by atoms with Crippen LogP contribution in [0.15, 0.2) is 11.2 Å². The summed E-state index contributed by atoms with van der Waals surface area (Å²) in [6.45, 7) is 6.58. The van der Waals surface area contributed by atoms with E-state index in [1.165, 1.54) is 4.53 Å². The first-order valence-corrected chi connectivity index (χ1v) is 4.96. The molecule has 14 heavy (non-hydrogen) atoms. The Morgan fingerprint density at radius 3 is 2.64 bits per heavy atom. The molecule has 0 radical (unpaired) electrons. The fraction of sp³-hybridized carbons (Fsp3) is 0.556. The molecular weight excluding hydrogens is 221 g/mol. The highest BCUT2D eigenvalue weighted by Gasteiger charge is 2.13. The zero-order valence-electron chi connectivity index (χ0n) is 8.43. The molecule has 1 aliphatic rings. The van der Waals surface area contributed by atoms with E-state index in [0.717, 1.165) is 0 Å². The molecule has 1 heterocycles. The van der Waals surface area contributed by atoms with E-state index in [1.807, 2.05) is 20.8 Å². The summed E-state index contributed by atoms with van der Waals surface area (Å²) in [5, 5.41) is 2.19. The summed E-state index contributed by atoms with van der Waals surface area (Å²) in [4.78, 5) is 0. The molecule has 1 N–H and O–H groups in total. The number of nitrogens with zero attached hydrogens (tertiary/aromatic N) is 2. The highest BCUT2D eigenvalue weighted by atomic mass is 35.5. The van der Waals surface area contributed by atoms with Crippen LogP contribution in [0.25, 0.3) is 0 Å². The molecule has 0 aromatic heterocycles. The van der Waals surface area contributed by atoms with Crippen LogP contribution in [0, 0.1) is 17.4 Å². The minimum Gasteiger partial charge on any atom is -0.225 e. The Morgan fingerprint density at radius 2 is 2.14 bits per heavy atom. The van der Waals surface area contributed by atoms with Crippen LogP contribution >= 0.6 is 23.4 Å². The lowest BCUT2D eigenvalue weighted by Crippen LogP contribution is -2.44. The standard InChI is InChI=1S/C9H13Cl2N3/c1-9(2,3)4-5-13-6-8(10)7-14(11)12-13/h6,12H,7H2,1-3H3. The van der Waals surface area contributed by atoms with Gasteiger partial charge in [0, 0.05) is 17.7 Å². The molecule has 0 aromatic rings. The zero-order valence-corrected chi connectivity index (χ0v) is 9.95. The van der Waals surface area contributed by atoms with Crippen molar-refractivity contribution in [3.8, 4) is 12.0 Å². The van der Waals surface area contributed by atoms with Gasteiger partial charge in [-0.05, 0) is 32.5 Å². The predicted molar refractivity (Wildman–Crippen MR) is 58.7 cm³/mol. The van der Waals surface area contributed by atoms with Crippen LogP contribution in [-0.4, -0.2) is 16.1 Å². The fourth-order valence-electron chi connectivity index (χ4n) is 0.780. The molecule has 0 bridgehead atoms. The van der Waals surface area contributed by atoms with Crippen molar-refractivity contribution in [2.45, 2.75) is 20.8 Å². The number of hydrogen-bond acceptors (Lipinski definition) is 3. The molecule has 0 aliphatic carbocycles. The van der Waals surface area contributed by atoms with Crippen LogP contribution in [0.4, 0.5) is 0 Å². The molecule has 0 amide bonds. The third kappa shape index (κ3) is 4.21. The lowest BCUT2D eigenvalue weighted by molar-refractivity contribution is 0.189. The molecule has 3 nitrogen and oxygen atoms in total. The molecule has 0 saturated carbocycles. The van der Waals surface area contributed by atoms with E-state index in [1.54, 1.807) is 11.2 Å². The van der Waals surface area contributed by atoms with Gasteiger partial charge in [0.15, 0.2) is 0 Å². The summed E-state index contributed by atoms with van der Waals surface area (Å²) in [6.07, 6.45) is 1.71. The lowest BCUT2D eigenvalue weighted by atomic mass is 9.99. The van der Waals surface area contributed by atoms with Crippen molar-refractivity contribution < 1.29 is 0 Å². The third-order valence-corrected chi connectivity index (χ3v) is 1.74. The SMILES string of the molecule is CC(C)(C)C#CN1C=C(Cl)CN(Cl)N1. The number of nitrogens with one attached hydrogen (secondary N) is 1. The van der Waals surface area contributed by atoms with Gasteiger partial charge in [0.1, 0.15) is 0 Å². The quantitative estimate of drug-likeness (QED) is 0.512. The molecule has 0 atom stereocenters. The van der Waals surface area contributed by atoms with Crippen molar-refractivity contribution in [3.05, 3.63) is 11.2 Å². The second-order valence-electron chi connectivity index (χ2n) is 4.05. The second kappa shape index (κ2) is 4.41. The van der Waals surface area contributed by atoms with Gasteiger partial charge < -0.3 is 0 Å². The Kier molecular flexibility index (Phi) is 3.68. The van der Waals surface area contributed by atoms with Gasteiger partial charge in [-0.1, -0.05) is 17.5 Å². The van der Waals surface area contributed by atoms with Crippen molar-refractivity contribution in [3.63, 3.8) is 0 Å². The van der Waals surface area contributed by atoms with E-state index >= 15 is 0 Å². The van der Waals surface area contributed by atoms with Gasteiger partial charge in [0.25, 0.3) is 0 Å². The molecule has 1 rings (SSSR count). The van der Waals surface area contributed by atoms with Crippen LogP contribution in [0.1, 0.15) is 20.8 Å². The Bertz CT molecular complexity index is 295. The van der Waals surface area contributed by atoms with E-state index in [4.69, 9.17) is 23.4 Å². The first-order chi connectivity index (χ1) is 6.37. The molecule has 0 spiro atoms. The van der Waals surface area contributed by atoms with Crippen molar-refractivity contribution in [2.75, 3.05) is 6.54 Å². The third-order valence-electron chi connectivity index (χ3n) is 1.33. The van der Waals surface area contributed by atoms with E-state index in [0.29, 0.717) is 11.6 Å². The van der Waals surface area contributed by atoms with Gasteiger partial charge in [0.2, 0.25) is 0 Å². The molecule has 0 fully saturated rings. The van der Waals surface area contributed by atoms with Crippen LogP contribution in [0.5, 0.6) is 0 Å². The van der Waals surface area contributed by atoms with E-state index in [-0.39, 0.29) is 5.41 Å². The summed E-state index contributed by atoms with van der Waals surface area (Å²) in [7, 11) is 0. The summed E-state index contributed by atoms with van der Waals surface area (Å²) < 4.78 is 1.35. The number of halogens is 2. The molecule has 1 aliphatic heterocycles. The van der Waals surface area contributed by atoms with Gasteiger partial charge in [-0.15, -0.1) is 10.1 Å². The van der Waals surface area contributed by atoms with E-state index < -0.39 is 0 Å². The van der Waals surface area contributed by atoms with Crippen molar-refractivity contribution in [1.29, 1.82) is 0 Å². The van der Waals surface area contributed by atoms with E-state index in [2.05, 4.69) is 17.5 Å². The maximum atomic E-state index is 5.84. The molecule has 0 saturated heterocycles. The van der Waals surface area contributed by atoms with Crippen molar-refractivity contribution >= 4 is 23.4 Å². The minimum absolute atomic E-state index is 0.0451. The number of rotatable bonds is 0. The Hall–Kier alpha value is -0.400. The van der Waals surface area contributed by atoms with Crippen LogP contribution in [-0.2, 0) is 0 Å². The summed E-state index contributed by atoms with van der Waals surface area (Å²) in [5.41, 5.74) is 2.77. The summed E-state index contributed by atoms with van der Waals surface area (Å²) in [5.74, 6) is 3.06. The maximum absolute atomic E-state index is 5.84. The normalized spacial score (nSPS) is 18.6. The first-order valence-electron chi connectivity index (χ1n) is 4.25. The van der Waals surface area contributed by atoms with Crippen molar-refractivity contribution in [1.82, 2.24) is 15.1 Å². The number of hydrogen-bond donors (Lipinski definition) is 1. The molecular formula is C9H13Cl2N3. The Morgan fingerprint density at radius 1 is 1.50 bits per heavy atom. The average Bonchev–Trinajstić information content (AvgIpc) is 1.97. The molecule has 78 valence electrons. The minimum atomic E-state index is -0.0451.